The zero-order chi connectivity index (χ0) is 15.4. The van der Waals surface area contributed by atoms with Gasteiger partial charge in [-0.2, -0.15) is 0 Å². The van der Waals surface area contributed by atoms with Crippen molar-refractivity contribution in [2.45, 2.75) is 39.5 Å². The van der Waals surface area contributed by atoms with Crippen molar-refractivity contribution in [2.24, 2.45) is 4.40 Å². The maximum atomic E-state index is 11.6. The Kier molecular flexibility index (Phi) is 5.23. The van der Waals surface area contributed by atoms with E-state index in [1.54, 1.807) is 7.11 Å². The van der Waals surface area contributed by atoms with E-state index in [1.807, 2.05) is 6.92 Å². The molecule has 4 heteroatoms. The minimum absolute atomic E-state index is 0.0326. The van der Waals surface area contributed by atoms with Gasteiger partial charge in [-0.15, -0.1) is 0 Å². The highest BCUT2D eigenvalue weighted by atomic mass is 32.2. The fourth-order valence-electron chi connectivity index (χ4n) is 2.35. The van der Waals surface area contributed by atoms with Gasteiger partial charge in [0.1, 0.15) is 5.75 Å². The van der Waals surface area contributed by atoms with Gasteiger partial charge < -0.3 is 4.74 Å². The molecule has 0 atom stereocenters. The molecule has 0 spiro atoms. The van der Waals surface area contributed by atoms with E-state index in [0.717, 1.165) is 29.1 Å². The average molecular weight is 303 g/mol. The van der Waals surface area contributed by atoms with Crippen LogP contribution in [0.15, 0.2) is 33.1 Å². The van der Waals surface area contributed by atoms with Crippen molar-refractivity contribution in [2.75, 3.05) is 7.11 Å². The molecule has 21 heavy (non-hydrogen) atoms. The number of hydrogen-bond donors (Lipinski definition) is 0. The number of allylic oxidation sites excluding steroid dienone is 2. The van der Waals surface area contributed by atoms with Crippen LogP contribution in [-0.2, 0) is 11.2 Å². The van der Waals surface area contributed by atoms with Crippen LogP contribution in [0.2, 0.25) is 0 Å². The van der Waals surface area contributed by atoms with Gasteiger partial charge in [0.2, 0.25) is 5.78 Å². The quantitative estimate of drug-likeness (QED) is 0.600. The van der Waals surface area contributed by atoms with Crippen molar-refractivity contribution in [3.63, 3.8) is 0 Å². The highest BCUT2D eigenvalue weighted by Gasteiger charge is 2.17. The lowest BCUT2D eigenvalue weighted by atomic mass is 9.97. The van der Waals surface area contributed by atoms with Crippen LogP contribution in [0.3, 0.4) is 0 Å². The standard InChI is InChI=1S/C17H21NO2S/c1-11(2)14-8-7-13(9-16(14)20-4)6-5-12(3)17-15(19)10-18-21-17/h7-11H,5-6H2,1-4H3/b17-12-. The molecule has 0 saturated carbocycles. The van der Waals surface area contributed by atoms with E-state index >= 15 is 0 Å². The summed E-state index contributed by atoms with van der Waals surface area (Å²) in [6.07, 6.45) is 3.16. The van der Waals surface area contributed by atoms with Crippen molar-refractivity contribution in [3.05, 3.63) is 39.8 Å². The van der Waals surface area contributed by atoms with Crippen LogP contribution in [-0.4, -0.2) is 19.1 Å². The molecule has 0 bridgehead atoms. The van der Waals surface area contributed by atoms with Crippen LogP contribution in [0.25, 0.3) is 0 Å². The number of benzene rings is 1. The van der Waals surface area contributed by atoms with Gasteiger partial charge in [0.15, 0.2) is 0 Å². The molecule has 1 heterocycles. The molecular formula is C17H21NO2S. The van der Waals surface area contributed by atoms with Gasteiger partial charge in [-0.25, -0.2) is 4.40 Å². The van der Waals surface area contributed by atoms with Crippen molar-refractivity contribution >= 4 is 23.9 Å². The molecule has 1 aliphatic rings. The molecule has 0 amide bonds. The highest BCUT2D eigenvalue weighted by molar-refractivity contribution is 8.03. The second-order valence-electron chi connectivity index (χ2n) is 5.53. The Hall–Kier alpha value is -1.55. The van der Waals surface area contributed by atoms with Gasteiger partial charge in [-0.1, -0.05) is 31.6 Å². The molecule has 0 unspecified atom stereocenters. The number of Topliss-reactive ketones (excluding diaryl/α,β-unsaturated/α-hetero) is 1. The minimum Gasteiger partial charge on any atom is -0.496 e. The van der Waals surface area contributed by atoms with Crippen LogP contribution in [0.4, 0.5) is 0 Å². The van der Waals surface area contributed by atoms with Gasteiger partial charge in [0, 0.05) is 11.9 Å². The molecule has 3 nitrogen and oxygen atoms in total. The minimum atomic E-state index is 0.0326. The van der Waals surface area contributed by atoms with E-state index in [9.17, 15) is 4.79 Å². The maximum absolute atomic E-state index is 11.6. The Labute approximate surface area is 130 Å². The van der Waals surface area contributed by atoms with Crippen molar-refractivity contribution in [3.8, 4) is 5.75 Å². The number of ether oxygens (including phenoxy) is 1. The van der Waals surface area contributed by atoms with E-state index in [4.69, 9.17) is 4.74 Å². The first-order chi connectivity index (χ1) is 10.0. The van der Waals surface area contributed by atoms with Crippen LogP contribution >= 0.6 is 11.9 Å². The van der Waals surface area contributed by atoms with E-state index < -0.39 is 0 Å². The Morgan fingerprint density at radius 3 is 2.71 bits per heavy atom. The van der Waals surface area contributed by atoms with Crippen molar-refractivity contribution in [1.82, 2.24) is 0 Å². The van der Waals surface area contributed by atoms with Crippen molar-refractivity contribution < 1.29 is 9.53 Å². The lowest BCUT2D eigenvalue weighted by Crippen LogP contribution is -1.99. The monoisotopic (exact) mass is 303 g/mol. The summed E-state index contributed by atoms with van der Waals surface area (Å²) in [7, 11) is 1.71. The van der Waals surface area contributed by atoms with Gasteiger partial charge in [-0.05, 0) is 42.9 Å². The number of methoxy groups -OCH3 is 1. The number of rotatable bonds is 5. The average Bonchev–Trinajstić information content (AvgIpc) is 2.90. The van der Waals surface area contributed by atoms with Gasteiger partial charge in [0.05, 0.1) is 18.2 Å². The Balaban J connectivity index is 2.09. The molecule has 2 rings (SSSR count). The molecule has 1 aromatic carbocycles. The molecule has 1 aromatic rings. The lowest BCUT2D eigenvalue weighted by molar-refractivity contribution is -0.108. The number of carbonyl (C=O) groups excluding carboxylic acids is 1. The summed E-state index contributed by atoms with van der Waals surface area (Å²) in [5.41, 5.74) is 3.56. The molecule has 112 valence electrons. The first-order valence-corrected chi connectivity index (χ1v) is 7.91. The van der Waals surface area contributed by atoms with E-state index in [2.05, 4.69) is 36.4 Å². The predicted octanol–water partition coefficient (Wildman–Crippen LogP) is 4.33. The third-order valence-electron chi connectivity index (χ3n) is 3.63. The predicted molar refractivity (Wildman–Crippen MR) is 89.2 cm³/mol. The van der Waals surface area contributed by atoms with Crippen molar-refractivity contribution in [1.29, 1.82) is 0 Å². The maximum Gasteiger partial charge on any atom is 0.212 e. The Bertz CT molecular complexity index is 603. The van der Waals surface area contributed by atoms with E-state index in [0.29, 0.717) is 5.92 Å². The summed E-state index contributed by atoms with van der Waals surface area (Å²) >= 11 is 1.28. The summed E-state index contributed by atoms with van der Waals surface area (Å²) in [4.78, 5) is 12.4. The normalized spacial score (nSPS) is 16.7. The molecular weight excluding hydrogens is 282 g/mol. The number of nitrogens with zero attached hydrogens (tertiary/aromatic N) is 1. The second kappa shape index (κ2) is 6.94. The molecule has 1 aliphatic heterocycles. The first-order valence-electron chi connectivity index (χ1n) is 7.14. The molecule has 0 aromatic heterocycles. The zero-order valence-electron chi connectivity index (χ0n) is 13.0. The second-order valence-corrected chi connectivity index (χ2v) is 6.33. The fourth-order valence-corrected chi connectivity index (χ4v) is 3.01. The highest BCUT2D eigenvalue weighted by Crippen LogP contribution is 2.30. The zero-order valence-corrected chi connectivity index (χ0v) is 13.8. The summed E-state index contributed by atoms with van der Waals surface area (Å²) in [6.45, 7) is 6.33. The Morgan fingerprint density at radius 2 is 2.14 bits per heavy atom. The smallest absolute Gasteiger partial charge is 0.212 e. The number of hydrogen-bond acceptors (Lipinski definition) is 4. The number of ketones is 1. The fraction of sp³-hybridized carbons (Fsp3) is 0.412. The van der Waals surface area contributed by atoms with Gasteiger partial charge in [0.25, 0.3) is 0 Å². The molecule has 0 radical (unpaired) electrons. The van der Waals surface area contributed by atoms with E-state index in [-0.39, 0.29) is 5.78 Å². The molecule has 0 aliphatic carbocycles. The molecule has 0 N–H and O–H groups in total. The lowest BCUT2D eigenvalue weighted by Gasteiger charge is -2.13. The SMILES string of the molecule is COc1cc(CC/C(C)=C2\SN=CC2=O)ccc1C(C)C. The summed E-state index contributed by atoms with van der Waals surface area (Å²) in [5, 5.41) is 0. The Morgan fingerprint density at radius 1 is 1.38 bits per heavy atom. The third kappa shape index (κ3) is 3.76. The third-order valence-corrected chi connectivity index (χ3v) is 4.58. The van der Waals surface area contributed by atoms with Gasteiger partial charge >= 0.3 is 0 Å². The van der Waals surface area contributed by atoms with Crippen LogP contribution in [0, 0.1) is 0 Å². The summed E-state index contributed by atoms with van der Waals surface area (Å²) in [5.74, 6) is 1.43. The molecule has 0 saturated heterocycles. The van der Waals surface area contributed by atoms with Crippen LogP contribution in [0.1, 0.15) is 44.2 Å². The largest absolute Gasteiger partial charge is 0.496 e. The number of carbonyl (C=O) groups is 1. The van der Waals surface area contributed by atoms with Crippen LogP contribution < -0.4 is 4.74 Å². The van der Waals surface area contributed by atoms with E-state index in [1.165, 1.54) is 29.3 Å². The summed E-state index contributed by atoms with van der Waals surface area (Å²) < 4.78 is 9.43. The summed E-state index contributed by atoms with van der Waals surface area (Å²) in [6, 6.07) is 6.39. The number of aryl methyl sites for hydroxylation is 1. The van der Waals surface area contributed by atoms with Gasteiger partial charge in [-0.3, -0.25) is 4.79 Å². The first kappa shape index (κ1) is 15.8. The molecule has 0 fully saturated rings. The topological polar surface area (TPSA) is 38.7 Å². The van der Waals surface area contributed by atoms with Crippen LogP contribution in [0.5, 0.6) is 5.75 Å².